The van der Waals surface area contributed by atoms with Gasteiger partial charge in [-0.2, -0.15) is 5.26 Å². The standard InChI is InChI=1S/C20H26N8O2/c1-12(29)25-14-5-4-13(6-14)9-23-16-7-17(27-28-19(16)20(2,3)30)26-18-11-22-15(8-21)10-24-18/h7,10-11,13-14,30H,4-6,9H2,1-3H3,(H,25,29)(H2,23,24,26,27). The summed E-state index contributed by atoms with van der Waals surface area (Å²) in [5.74, 6) is 1.27. The lowest BCUT2D eigenvalue weighted by Gasteiger charge is -2.22. The number of hydrogen-bond donors (Lipinski definition) is 4. The molecule has 0 bridgehead atoms. The fourth-order valence-corrected chi connectivity index (χ4v) is 3.55. The van der Waals surface area contributed by atoms with Crippen LogP contribution in [-0.2, 0) is 10.4 Å². The number of anilines is 3. The SMILES string of the molecule is CC(=O)NC1CCC(CNc2cc(Nc3cnc(C#N)cn3)nnc2C(C)(C)O)C1. The van der Waals surface area contributed by atoms with Gasteiger partial charge < -0.3 is 21.1 Å². The van der Waals surface area contributed by atoms with Crippen molar-refractivity contribution in [1.82, 2.24) is 25.5 Å². The highest BCUT2D eigenvalue weighted by Crippen LogP contribution is 2.30. The van der Waals surface area contributed by atoms with Gasteiger partial charge in [-0.05, 0) is 39.0 Å². The van der Waals surface area contributed by atoms with Gasteiger partial charge in [0.2, 0.25) is 5.91 Å². The van der Waals surface area contributed by atoms with Gasteiger partial charge in [-0.3, -0.25) is 4.79 Å². The molecule has 0 saturated heterocycles. The van der Waals surface area contributed by atoms with Crippen LogP contribution < -0.4 is 16.0 Å². The first kappa shape index (κ1) is 21.4. The Labute approximate surface area is 175 Å². The minimum absolute atomic E-state index is 0.00197. The molecular formula is C20H26N8O2. The molecule has 0 spiro atoms. The summed E-state index contributed by atoms with van der Waals surface area (Å²) in [5.41, 5.74) is 0.164. The van der Waals surface area contributed by atoms with Crippen molar-refractivity contribution in [3.63, 3.8) is 0 Å². The molecule has 2 unspecified atom stereocenters. The topological polar surface area (TPSA) is 149 Å². The molecule has 2 aromatic rings. The van der Waals surface area contributed by atoms with Crippen LogP contribution in [0.1, 0.15) is 51.4 Å². The molecule has 1 aliphatic rings. The Morgan fingerprint density at radius 2 is 2.07 bits per heavy atom. The maximum atomic E-state index is 11.3. The van der Waals surface area contributed by atoms with Crippen LogP contribution >= 0.6 is 0 Å². The van der Waals surface area contributed by atoms with Gasteiger partial charge in [-0.25, -0.2) is 9.97 Å². The van der Waals surface area contributed by atoms with Crippen molar-refractivity contribution in [1.29, 1.82) is 5.26 Å². The van der Waals surface area contributed by atoms with Crippen LogP contribution in [-0.4, -0.2) is 43.8 Å². The van der Waals surface area contributed by atoms with E-state index in [1.54, 1.807) is 19.9 Å². The van der Waals surface area contributed by atoms with Crippen LogP contribution in [0.2, 0.25) is 0 Å². The minimum Gasteiger partial charge on any atom is -0.384 e. The summed E-state index contributed by atoms with van der Waals surface area (Å²) >= 11 is 0. The predicted molar refractivity (Wildman–Crippen MR) is 111 cm³/mol. The molecule has 2 atom stereocenters. The summed E-state index contributed by atoms with van der Waals surface area (Å²) in [7, 11) is 0. The van der Waals surface area contributed by atoms with Crippen molar-refractivity contribution in [2.75, 3.05) is 17.2 Å². The Bertz CT molecular complexity index is 933. The third-order valence-electron chi connectivity index (χ3n) is 4.93. The lowest BCUT2D eigenvalue weighted by atomic mass is 10.0. The Balaban J connectivity index is 1.71. The molecule has 10 nitrogen and oxygen atoms in total. The number of hydrogen-bond acceptors (Lipinski definition) is 9. The third kappa shape index (κ3) is 5.61. The lowest BCUT2D eigenvalue weighted by Crippen LogP contribution is -2.31. The Morgan fingerprint density at radius 3 is 2.70 bits per heavy atom. The maximum Gasteiger partial charge on any atom is 0.217 e. The van der Waals surface area contributed by atoms with Crippen LogP contribution in [0.15, 0.2) is 18.5 Å². The predicted octanol–water partition coefficient (Wildman–Crippen LogP) is 1.83. The van der Waals surface area contributed by atoms with Gasteiger partial charge in [-0.1, -0.05) is 0 Å². The molecular weight excluding hydrogens is 384 g/mol. The summed E-state index contributed by atoms with van der Waals surface area (Å²) in [5, 5.41) is 37.0. The van der Waals surface area contributed by atoms with E-state index in [0.29, 0.717) is 35.5 Å². The van der Waals surface area contributed by atoms with E-state index in [-0.39, 0.29) is 17.6 Å². The fourth-order valence-electron chi connectivity index (χ4n) is 3.55. The highest BCUT2D eigenvalue weighted by molar-refractivity contribution is 5.73. The number of aliphatic hydroxyl groups is 1. The van der Waals surface area contributed by atoms with Gasteiger partial charge in [-0.15, -0.1) is 10.2 Å². The lowest BCUT2D eigenvalue weighted by molar-refractivity contribution is -0.119. The van der Waals surface area contributed by atoms with Crippen molar-refractivity contribution in [3.05, 3.63) is 29.8 Å². The summed E-state index contributed by atoms with van der Waals surface area (Å²) in [6.07, 6.45) is 5.70. The molecule has 0 aromatic carbocycles. The summed E-state index contributed by atoms with van der Waals surface area (Å²) in [6, 6.07) is 3.90. The van der Waals surface area contributed by atoms with Gasteiger partial charge in [0.05, 0.1) is 18.1 Å². The molecule has 2 heterocycles. The second kappa shape index (κ2) is 9.00. The number of rotatable bonds is 7. The van der Waals surface area contributed by atoms with E-state index in [1.165, 1.54) is 19.3 Å². The Hall–Kier alpha value is -3.32. The number of carbonyl (C=O) groups excluding carboxylic acids is 1. The van der Waals surface area contributed by atoms with E-state index in [1.807, 2.05) is 6.07 Å². The Morgan fingerprint density at radius 1 is 1.27 bits per heavy atom. The molecule has 10 heteroatoms. The minimum atomic E-state index is -1.17. The number of nitrogens with zero attached hydrogens (tertiary/aromatic N) is 5. The van der Waals surface area contributed by atoms with Gasteiger partial charge in [0, 0.05) is 25.6 Å². The molecule has 1 fully saturated rings. The van der Waals surface area contributed by atoms with Crippen molar-refractivity contribution in [2.24, 2.45) is 5.92 Å². The number of aromatic nitrogens is 4. The van der Waals surface area contributed by atoms with E-state index in [0.717, 1.165) is 19.3 Å². The molecule has 0 radical (unpaired) electrons. The van der Waals surface area contributed by atoms with Gasteiger partial charge in [0.25, 0.3) is 0 Å². The zero-order valence-electron chi connectivity index (χ0n) is 17.3. The highest BCUT2D eigenvalue weighted by Gasteiger charge is 2.27. The molecule has 1 aliphatic carbocycles. The number of nitrogens with one attached hydrogen (secondary N) is 3. The highest BCUT2D eigenvalue weighted by atomic mass is 16.3. The van der Waals surface area contributed by atoms with Gasteiger partial charge in [0.15, 0.2) is 11.5 Å². The van der Waals surface area contributed by atoms with E-state index in [4.69, 9.17) is 5.26 Å². The average Bonchev–Trinajstić information content (AvgIpc) is 3.13. The second-order valence-electron chi connectivity index (χ2n) is 8.03. The Kier molecular flexibility index (Phi) is 6.42. The zero-order chi connectivity index (χ0) is 21.7. The van der Waals surface area contributed by atoms with Crippen LogP contribution in [0.5, 0.6) is 0 Å². The van der Waals surface area contributed by atoms with E-state index < -0.39 is 5.60 Å². The van der Waals surface area contributed by atoms with Crippen LogP contribution in [0.4, 0.5) is 17.3 Å². The molecule has 1 saturated carbocycles. The third-order valence-corrected chi connectivity index (χ3v) is 4.93. The maximum absolute atomic E-state index is 11.3. The molecule has 2 aromatic heterocycles. The number of carbonyl (C=O) groups is 1. The summed E-state index contributed by atoms with van der Waals surface area (Å²) < 4.78 is 0. The smallest absolute Gasteiger partial charge is 0.217 e. The monoisotopic (exact) mass is 410 g/mol. The van der Waals surface area contributed by atoms with Crippen LogP contribution in [0.3, 0.4) is 0 Å². The van der Waals surface area contributed by atoms with Crippen molar-refractivity contribution in [2.45, 2.75) is 51.7 Å². The van der Waals surface area contributed by atoms with Gasteiger partial charge in [0.1, 0.15) is 23.2 Å². The first-order valence-corrected chi connectivity index (χ1v) is 9.85. The molecule has 4 N–H and O–H groups in total. The van der Waals surface area contributed by atoms with Crippen molar-refractivity contribution in [3.8, 4) is 6.07 Å². The van der Waals surface area contributed by atoms with Crippen molar-refractivity contribution >= 4 is 23.2 Å². The molecule has 3 rings (SSSR count). The van der Waals surface area contributed by atoms with E-state index >= 15 is 0 Å². The summed E-state index contributed by atoms with van der Waals surface area (Å²) in [6.45, 7) is 5.55. The average molecular weight is 410 g/mol. The first-order chi connectivity index (χ1) is 14.2. The molecule has 30 heavy (non-hydrogen) atoms. The van der Waals surface area contributed by atoms with Crippen LogP contribution in [0.25, 0.3) is 0 Å². The second-order valence-corrected chi connectivity index (χ2v) is 8.03. The summed E-state index contributed by atoms with van der Waals surface area (Å²) in [4.78, 5) is 19.3. The number of amides is 1. The normalized spacial score (nSPS) is 18.5. The molecule has 0 aliphatic heterocycles. The molecule has 158 valence electrons. The van der Waals surface area contributed by atoms with E-state index in [9.17, 15) is 9.90 Å². The van der Waals surface area contributed by atoms with Gasteiger partial charge >= 0.3 is 0 Å². The zero-order valence-corrected chi connectivity index (χ0v) is 17.3. The van der Waals surface area contributed by atoms with E-state index in [2.05, 4.69) is 36.1 Å². The number of nitriles is 1. The van der Waals surface area contributed by atoms with Crippen molar-refractivity contribution < 1.29 is 9.90 Å². The van der Waals surface area contributed by atoms with Crippen LogP contribution in [0, 0.1) is 17.2 Å². The first-order valence-electron chi connectivity index (χ1n) is 9.85. The quantitative estimate of drug-likeness (QED) is 0.536. The molecule has 1 amide bonds. The fraction of sp³-hybridized carbons (Fsp3) is 0.500. The largest absolute Gasteiger partial charge is 0.384 e.